The molecule has 0 heterocycles. The van der Waals surface area contributed by atoms with Crippen molar-refractivity contribution in [3.05, 3.63) is 0 Å². The molecule has 0 aromatic rings. The van der Waals surface area contributed by atoms with Gasteiger partial charge in [-0.25, -0.2) is 13.1 Å². The Hall–Kier alpha value is -0.200. The highest BCUT2D eigenvalue weighted by molar-refractivity contribution is 7.88. The van der Waals surface area contributed by atoms with Crippen LogP contribution in [0.3, 0.4) is 0 Å². The summed E-state index contributed by atoms with van der Waals surface area (Å²) in [6.07, 6.45) is 1.72. The summed E-state index contributed by atoms with van der Waals surface area (Å²) in [6, 6.07) is -0.426. The lowest BCUT2D eigenvalue weighted by molar-refractivity contribution is 0.524. The summed E-state index contributed by atoms with van der Waals surface area (Å²) in [6.45, 7) is 3.96. The first-order valence-electron chi connectivity index (χ1n) is 3.99. The van der Waals surface area contributed by atoms with Crippen molar-refractivity contribution < 1.29 is 8.42 Å². The van der Waals surface area contributed by atoms with Crippen LogP contribution in [-0.2, 0) is 10.0 Å². The molecule has 1 unspecified atom stereocenters. The van der Waals surface area contributed by atoms with Crippen LogP contribution in [0.25, 0.3) is 0 Å². The number of thiocarbonyl (C=S) groups is 1. The topological polar surface area (TPSA) is 72.2 Å². The third kappa shape index (κ3) is 6.92. The number of nitrogens with one attached hydrogen (secondary N) is 1. The van der Waals surface area contributed by atoms with Crippen LogP contribution in [-0.4, -0.2) is 25.7 Å². The van der Waals surface area contributed by atoms with E-state index >= 15 is 0 Å². The molecule has 3 N–H and O–H groups in total. The van der Waals surface area contributed by atoms with Crippen molar-refractivity contribution in [3.63, 3.8) is 0 Å². The molecule has 0 aromatic heterocycles. The van der Waals surface area contributed by atoms with Crippen molar-refractivity contribution in [3.8, 4) is 0 Å². The minimum atomic E-state index is -3.23. The van der Waals surface area contributed by atoms with E-state index in [1.54, 1.807) is 0 Å². The summed E-state index contributed by atoms with van der Waals surface area (Å²) < 4.78 is 24.2. The quantitative estimate of drug-likeness (QED) is 0.656. The highest BCUT2D eigenvalue weighted by Crippen LogP contribution is 2.05. The smallest absolute Gasteiger partial charge is 0.209 e. The zero-order valence-corrected chi connectivity index (χ0v) is 9.71. The molecular weight excluding hydrogens is 208 g/mol. The second-order valence-electron chi connectivity index (χ2n) is 3.47. The van der Waals surface area contributed by atoms with Crippen LogP contribution in [0.2, 0.25) is 0 Å². The molecule has 0 fully saturated rings. The fourth-order valence-corrected chi connectivity index (χ4v) is 1.92. The van der Waals surface area contributed by atoms with Gasteiger partial charge in [0.25, 0.3) is 0 Å². The SMILES string of the molecule is CC(C)CC(NS(C)(=O)=O)C(N)=S. The molecule has 0 saturated heterocycles. The maximum absolute atomic E-state index is 10.9. The van der Waals surface area contributed by atoms with E-state index in [1.807, 2.05) is 13.8 Å². The van der Waals surface area contributed by atoms with E-state index in [1.165, 1.54) is 0 Å². The second kappa shape index (κ2) is 4.88. The molecule has 0 spiro atoms. The maximum atomic E-state index is 10.9. The molecular formula is C7H16N2O2S2. The zero-order valence-electron chi connectivity index (χ0n) is 8.07. The number of hydrogen-bond acceptors (Lipinski definition) is 3. The van der Waals surface area contributed by atoms with Gasteiger partial charge >= 0.3 is 0 Å². The molecule has 0 amide bonds. The summed E-state index contributed by atoms with van der Waals surface area (Å²) >= 11 is 4.75. The highest BCUT2D eigenvalue weighted by Gasteiger charge is 2.17. The molecule has 0 rings (SSSR count). The number of hydrogen-bond donors (Lipinski definition) is 2. The van der Waals surface area contributed by atoms with Crippen LogP contribution in [0.5, 0.6) is 0 Å². The van der Waals surface area contributed by atoms with Crippen LogP contribution in [0.4, 0.5) is 0 Å². The number of sulfonamides is 1. The van der Waals surface area contributed by atoms with Crippen LogP contribution in [0.15, 0.2) is 0 Å². The summed E-state index contributed by atoms with van der Waals surface area (Å²) in [5, 5.41) is 0. The number of rotatable bonds is 5. The van der Waals surface area contributed by atoms with Crippen molar-refractivity contribution >= 4 is 27.2 Å². The van der Waals surface area contributed by atoms with Gasteiger partial charge in [0.15, 0.2) is 0 Å². The summed E-state index contributed by atoms with van der Waals surface area (Å²) in [5.41, 5.74) is 5.40. The van der Waals surface area contributed by atoms with Crippen molar-refractivity contribution in [2.45, 2.75) is 26.3 Å². The van der Waals surface area contributed by atoms with Crippen molar-refractivity contribution in [1.29, 1.82) is 0 Å². The molecule has 0 aliphatic heterocycles. The Morgan fingerprint density at radius 2 is 2.00 bits per heavy atom. The normalized spacial score (nSPS) is 14.5. The van der Waals surface area contributed by atoms with Gasteiger partial charge in [-0.2, -0.15) is 0 Å². The fourth-order valence-electron chi connectivity index (χ4n) is 0.952. The minimum Gasteiger partial charge on any atom is -0.392 e. The molecule has 0 aliphatic carbocycles. The van der Waals surface area contributed by atoms with Gasteiger partial charge in [-0.3, -0.25) is 0 Å². The molecule has 0 saturated carbocycles. The van der Waals surface area contributed by atoms with Gasteiger partial charge in [-0.1, -0.05) is 26.1 Å². The molecule has 0 aliphatic rings. The maximum Gasteiger partial charge on any atom is 0.209 e. The molecule has 0 radical (unpaired) electrons. The fraction of sp³-hybridized carbons (Fsp3) is 0.857. The molecule has 13 heavy (non-hydrogen) atoms. The first kappa shape index (κ1) is 12.8. The Balaban J connectivity index is 4.37. The first-order valence-corrected chi connectivity index (χ1v) is 6.29. The third-order valence-corrected chi connectivity index (χ3v) is 2.40. The van der Waals surface area contributed by atoms with E-state index in [-0.39, 0.29) is 4.99 Å². The second-order valence-corrected chi connectivity index (χ2v) is 5.73. The predicted octanol–water partition coefficient (Wildman–Crippen LogP) is 0.236. The summed E-state index contributed by atoms with van der Waals surface area (Å²) in [7, 11) is -3.23. The van der Waals surface area contributed by atoms with Crippen molar-refractivity contribution in [1.82, 2.24) is 4.72 Å². The molecule has 0 bridgehead atoms. The third-order valence-electron chi connectivity index (χ3n) is 1.41. The van der Waals surface area contributed by atoms with Gasteiger partial charge in [-0.15, -0.1) is 0 Å². The summed E-state index contributed by atoms with van der Waals surface area (Å²) in [4.78, 5) is 0.194. The minimum absolute atomic E-state index is 0.194. The Kier molecular flexibility index (Phi) is 4.80. The monoisotopic (exact) mass is 224 g/mol. The Morgan fingerprint density at radius 1 is 1.54 bits per heavy atom. The van der Waals surface area contributed by atoms with E-state index < -0.39 is 16.1 Å². The average molecular weight is 224 g/mol. The highest BCUT2D eigenvalue weighted by atomic mass is 32.2. The predicted molar refractivity (Wildman–Crippen MR) is 58.0 cm³/mol. The standard InChI is InChI=1S/C7H16N2O2S2/c1-5(2)4-6(7(8)12)9-13(3,10)11/h5-6,9H,4H2,1-3H3,(H2,8,12). The van der Waals surface area contributed by atoms with E-state index in [0.29, 0.717) is 12.3 Å². The van der Waals surface area contributed by atoms with E-state index in [9.17, 15) is 8.42 Å². The van der Waals surface area contributed by atoms with E-state index in [4.69, 9.17) is 18.0 Å². The lowest BCUT2D eigenvalue weighted by atomic mass is 10.1. The van der Waals surface area contributed by atoms with Gasteiger partial charge in [0, 0.05) is 0 Å². The molecule has 1 atom stereocenters. The molecule has 4 nitrogen and oxygen atoms in total. The molecule has 78 valence electrons. The van der Waals surface area contributed by atoms with E-state index in [0.717, 1.165) is 6.26 Å². The van der Waals surface area contributed by atoms with Crippen molar-refractivity contribution in [2.24, 2.45) is 11.7 Å². The van der Waals surface area contributed by atoms with Crippen LogP contribution in [0, 0.1) is 5.92 Å². The average Bonchev–Trinajstić information content (AvgIpc) is 1.81. The lowest BCUT2D eigenvalue weighted by Gasteiger charge is -2.17. The van der Waals surface area contributed by atoms with E-state index in [2.05, 4.69) is 4.72 Å². The van der Waals surface area contributed by atoms with Crippen LogP contribution in [0.1, 0.15) is 20.3 Å². The van der Waals surface area contributed by atoms with Gasteiger partial charge in [-0.05, 0) is 12.3 Å². The van der Waals surface area contributed by atoms with Gasteiger partial charge in [0.1, 0.15) is 0 Å². The van der Waals surface area contributed by atoms with Gasteiger partial charge in [0.05, 0.1) is 17.3 Å². The molecule has 6 heteroatoms. The summed E-state index contributed by atoms with van der Waals surface area (Å²) in [5.74, 6) is 0.348. The zero-order chi connectivity index (χ0) is 10.6. The molecule has 0 aromatic carbocycles. The Morgan fingerprint density at radius 3 is 2.23 bits per heavy atom. The Labute approximate surface area is 84.9 Å². The van der Waals surface area contributed by atoms with Crippen LogP contribution < -0.4 is 10.5 Å². The van der Waals surface area contributed by atoms with Gasteiger partial charge < -0.3 is 5.73 Å². The van der Waals surface area contributed by atoms with Gasteiger partial charge in [0.2, 0.25) is 10.0 Å². The van der Waals surface area contributed by atoms with Crippen molar-refractivity contribution in [2.75, 3.05) is 6.26 Å². The largest absolute Gasteiger partial charge is 0.392 e. The Bertz CT molecular complexity index is 272. The number of nitrogens with two attached hydrogens (primary N) is 1. The lowest BCUT2D eigenvalue weighted by Crippen LogP contribution is -2.43. The van der Waals surface area contributed by atoms with Crippen LogP contribution >= 0.6 is 12.2 Å². The first-order chi connectivity index (χ1) is 5.72.